The third-order valence-corrected chi connectivity index (χ3v) is 2.28. The first-order valence-electron chi connectivity index (χ1n) is 3.80. The first-order chi connectivity index (χ1) is 6.58. The topological polar surface area (TPSA) is 58.6 Å². The lowest BCUT2D eigenvalue weighted by atomic mass is 10.2. The zero-order chi connectivity index (χ0) is 10.3. The third kappa shape index (κ3) is 1.47. The smallest absolute Gasteiger partial charge is 0.296 e. The normalized spacial score (nSPS) is 10.8. The van der Waals surface area contributed by atoms with Gasteiger partial charge in [0.05, 0.1) is 16.6 Å². The lowest BCUT2D eigenvalue weighted by Gasteiger charge is -2.02. The van der Waals surface area contributed by atoms with Crippen molar-refractivity contribution in [1.82, 2.24) is 15.0 Å². The Labute approximate surface area is 88.9 Å². The largest absolute Gasteiger partial charge is 0.346 e. The zero-order valence-corrected chi connectivity index (χ0v) is 8.65. The van der Waals surface area contributed by atoms with Gasteiger partial charge in [-0.15, -0.1) is 0 Å². The highest BCUT2D eigenvalue weighted by atomic mass is 35.5. The minimum atomic E-state index is -0.496. The number of aromatic nitrogens is 3. The molecule has 0 unspecified atom stereocenters. The van der Waals surface area contributed by atoms with Gasteiger partial charge >= 0.3 is 5.69 Å². The molecule has 0 bridgehead atoms. The maximum atomic E-state index is 11.0. The van der Waals surface area contributed by atoms with E-state index < -0.39 is 5.69 Å². The first-order valence-corrected chi connectivity index (χ1v) is 4.56. The average molecular weight is 230 g/mol. The minimum absolute atomic E-state index is 0.238. The number of nitrogens with one attached hydrogen (secondary N) is 1. The monoisotopic (exact) mass is 229 g/mol. The molecule has 0 saturated carbocycles. The predicted octanol–water partition coefficient (Wildman–Crippen LogP) is 1.93. The number of hydrogen-bond donors (Lipinski definition) is 1. The van der Waals surface area contributed by atoms with Gasteiger partial charge in [0.1, 0.15) is 10.3 Å². The van der Waals surface area contributed by atoms with Gasteiger partial charge in [-0.25, -0.2) is 9.78 Å². The van der Waals surface area contributed by atoms with E-state index in [1.165, 1.54) is 6.07 Å². The fourth-order valence-electron chi connectivity index (χ4n) is 1.27. The molecule has 0 fully saturated rings. The summed E-state index contributed by atoms with van der Waals surface area (Å²) >= 11 is 11.6. The summed E-state index contributed by atoms with van der Waals surface area (Å²) in [6.45, 7) is 1.75. The summed E-state index contributed by atoms with van der Waals surface area (Å²) < 4.78 is 0. The molecule has 0 aliphatic rings. The van der Waals surface area contributed by atoms with Crippen molar-refractivity contribution >= 4 is 34.1 Å². The van der Waals surface area contributed by atoms with Gasteiger partial charge in [0.2, 0.25) is 0 Å². The summed E-state index contributed by atoms with van der Waals surface area (Å²) in [5.41, 5.74) is 0.599. The first kappa shape index (κ1) is 9.43. The molecule has 0 atom stereocenters. The van der Waals surface area contributed by atoms with Gasteiger partial charge in [-0.1, -0.05) is 23.2 Å². The minimum Gasteiger partial charge on any atom is -0.296 e. The van der Waals surface area contributed by atoms with E-state index in [2.05, 4.69) is 15.0 Å². The van der Waals surface area contributed by atoms with Gasteiger partial charge in [0.15, 0.2) is 0 Å². The molecular formula is C8H5Cl2N3O. The molecule has 0 aromatic carbocycles. The van der Waals surface area contributed by atoms with E-state index in [0.717, 1.165) is 0 Å². The van der Waals surface area contributed by atoms with E-state index in [1.54, 1.807) is 6.92 Å². The van der Waals surface area contributed by atoms with E-state index in [-0.39, 0.29) is 5.15 Å². The van der Waals surface area contributed by atoms with Crippen LogP contribution in [0.2, 0.25) is 10.3 Å². The number of rotatable bonds is 0. The van der Waals surface area contributed by atoms with Crippen LogP contribution in [0.5, 0.6) is 0 Å². The lowest BCUT2D eigenvalue weighted by molar-refractivity contribution is 1.10. The highest BCUT2D eigenvalue weighted by molar-refractivity contribution is 6.35. The molecule has 2 aromatic rings. The van der Waals surface area contributed by atoms with Crippen LogP contribution in [0, 0.1) is 6.92 Å². The highest BCUT2D eigenvalue weighted by Gasteiger charge is 2.07. The van der Waals surface area contributed by atoms with Crippen LogP contribution >= 0.6 is 23.2 Å². The SMILES string of the molecule is Cc1nc(Cl)cc2nc(=O)[nH]c(Cl)c12. The number of hydrogen-bond acceptors (Lipinski definition) is 3. The maximum Gasteiger partial charge on any atom is 0.346 e. The fourth-order valence-corrected chi connectivity index (χ4v) is 1.82. The third-order valence-electron chi connectivity index (χ3n) is 1.81. The Balaban J connectivity index is 3.01. The Bertz CT molecular complexity index is 564. The number of aromatic amines is 1. The molecule has 0 saturated heterocycles. The van der Waals surface area contributed by atoms with Gasteiger partial charge in [-0.3, -0.25) is 4.98 Å². The second kappa shape index (κ2) is 3.22. The van der Waals surface area contributed by atoms with Crippen LogP contribution < -0.4 is 5.69 Å². The molecule has 14 heavy (non-hydrogen) atoms. The van der Waals surface area contributed by atoms with Crippen LogP contribution in [0.4, 0.5) is 0 Å². The van der Waals surface area contributed by atoms with Crippen molar-refractivity contribution in [2.24, 2.45) is 0 Å². The molecule has 1 N–H and O–H groups in total. The molecule has 6 heteroatoms. The summed E-state index contributed by atoms with van der Waals surface area (Å²) in [6.07, 6.45) is 0. The summed E-state index contributed by atoms with van der Waals surface area (Å²) in [4.78, 5) is 21.2. The zero-order valence-electron chi connectivity index (χ0n) is 7.14. The summed E-state index contributed by atoms with van der Waals surface area (Å²) in [7, 11) is 0. The molecule has 4 nitrogen and oxygen atoms in total. The van der Waals surface area contributed by atoms with Crippen LogP contribution in [0.3, 0.4) is 0 Å². The molecule has 72 valence electrons. The molecule has 0 spiro atoms. The molecule has 2 aromatic heterocycles. The molecule has 0 amide bonds. The molecule has 2 rings (SSSR count). The maximum absolute atomic E-state index is 11.0. The van der Waals surface area contributed by atoms with E-state index in [0.29, 0.717) is 21.7 Å². The van der Waals surface area contributed by atoms with E-state index >= 15 is 0 Å². The number of pyridine rings is 1. The summed E-state index contributed by atoms with van der Waals surface area (Å²) in [5.74, 6) is 0. The molecule has 0 aliphatic heterocycles. The van der Waals surface area contributed by atoms with Gasteiger partial charge < -0.3 is 0 Å². The Hall–Kier alpha value is -1.13. The van der Waals surface area contributed by atoms with Crippen molar-refractivity contribution in [2.75, 3.05) is 0 Å². The van der Waals surface area contributed by atoms with Gasteiger partial charge in [-0.2, -0.15) is 4.98 Å². The van der Waals surface area contributed by atoms with Crippen LogP contribution in [0.15, 0.2) is 10.9 Å². The van der Waals surface area contributed by atoms with Crippen LogP contribution in [-0.4, -0.2) is 15.0 Å². The van der Waals surface area contributed by atoms with Crippen LogP contribution in [-0.2, 0) is 0 Å². The predicted molar refractivity (Wildman–Crippen MR) is 54.9 cm³/mol. The van der Waals surface area contributed by atoms with Crippen LogP contribution in [0.25, 0.3) is 10.9 Å². The van der Waals surface area contributed by atoms with Gasteiger partial charge in [0.25, 0.3) is 0 Å². The van der Waals surface area contributed by atoms with Crippen molar-refractivity contribution < 1.29 is 0 Å². The van der Waals surface area contributed by atoms with Crippen LogP contribution in [0.1, 0.15) is 5.69 Å². The number of fused-ring (bicyclic) bond motifs is 1. The number of halogens is 2. The van der Waals surface area contributed by atoms with Crippen molar-refractivity contribution in [2.45, 2.75) is 6.92 Å². The quantitative estimate of drug-likeness (QED) is 0.555. The van der Waals surface area contributed by atoms with E-state index in [1.807, 2.05) is 0 Å². The number of nitrogens with zero attached hydrogens (tertiary/aromatic N) is 2. The molecular weight excluding hydrogens is 225 g/mol. The van der Waals surface area contributed by atoms with Crippen molar-refractivity contribution in [1.29, 1.82) is 0 Å². The van der Waals surface area contributed by atoms with Gasteiger partial charge in [0, 0.05) is 6.07 Å². The Kier molecular flexibility index (Phi) is 2.17. The average Bonchev–Trinajstić information content (AvgIpc) is 1.99. The molecule has 0 radical (unpaired) electrons. The standard InChI is InChI=1S/C8H5Cl2N3O/c1-3-6-4(2-5(9)11-3)12-8(14)13-7(6)10/h2H,1H3,(H,12,13,14). The summed E-state index contributed by atoms with van der Waals surface area (Å²) in [5, 5.41) is 1.15. The number of aryl methyl sites for hydroxylation is 1. The van der Waals surface area contributed by atoms with E-state index in [9.17, 15) is 4.79 Å². The molecule has 0 aliphatic carbocycles. The van der Waals surface area contributed by atoms with Crippen molar-refractivity contribution in [3.8, 4) is 0 Å². The Morgan fingerprint density at radius 2 is 2.07 bits per heavy atom. The second-order valence-electron chi connectivity index (χ2n) is 2.78. The fraction of sp³-hybridized carbons (Fsp3) is 0.125. The van der Waals surface area contributed by atoms with Crippen molar-refractivity contribution in [3.63, 3.8) is 0 Å². The second-order valence-corrected chi connectivity index (χ2v) is 3.55. The molecule has 2 heterocycles. The van der Waals surface area contributed by atoms with E-state index in [4.69, 9.17) is 23.2 Å². The summed E-state index contributed by atoms with van der Waals surface area (Å²) in [6, 6.07) is 1.50. The highest BCUT2D eigenvalue weighted by Crippen LogP contribution is 2.22. The van der Waals surface area contributed by atoms with Gasteiger partial charge in [-0.05, 0) is 6.92 Å². The Morgan fingerprint density at radius 3 is 2.79 bits per heavy atom. The number of H-pyrrole nitrogens is 1. The lowest BCUT2D eigenvalue weighted by Crippen LogP contribution is -2.10. The Morgan fingerprint density at radius 1 is 1.36 bits per heavy atom. The van der Waals surface area contributed by atoms with Crippen molar-refractivity contribution in [3.05, 3.63) is 32.6 Å².